The molecule has 0 aliphatic carbocycles. The number of hydrogen-bond donors (Lipinski definition) is 0. The maximum atomic E-state index is 12.2. The second kappa shape index (κ2) is 6.08. The summed E-state index contributed by atoms with van der Waals surface area (Å²) in [6.07, 6.45) is -4.38. The van der Waals surface area contributed by atoms with Gasteiger partial charge < -0.3 is 9.47 Å². The molecular weight excluding hydrogens is 317 g/mol. The zero-order chi connectivity index (χ0) is 13.8. The number of hydrogen-bond acceptors (Lipinski definition) is 3. The van der Waals surface area contributed by atoms with Gasteiger partial charge in [-0.25, -0.2) is 4.79 Å². The Hall–Kier alpha value is -1.24. The molecule has 0 radical (unpaired) electrons. The summed E-state index contributed by atoms with van der Waals surface area (Å²) in [5.41, 5.74) is 0.216. The fraction of sp³-hybridized carbons (Fsp3) is 0.364. The summed E-state index contributed by atoms with van der Waals surface area (Å²) in [6, 6.07) is 5.76. The van der Waals surface area contributed by atoms with Crippen molar-refractivity contribution in [3.8, 4) is 5.75 Å². The van der Waals surface area contributed by atoms with E-state index < -0.39 is 23.6 Å². The number of ether oxygens (including phenoxy) is 2. The summed E-state index contributed by atoms with van der Waals surface area (Å²) in [5.74, 6) is -0.404. The standard InChI is InChI=1S/C11H10BrF3O3/c1-17-10(16)7-3-2-4-8(5-7)18-6-9(12)11(13,14)15/h2-5,9H,6H2,1H3. The molecule has 1 rings (SSSR count). The molecule has 0 aliphatic rings. The molecule has 0 N–H and O–H groups in total. The molecule has 18 heavy (non-hydrogen) atoms. The predicted molar refractivity (Wildman–Crippen MR) is 62.0 cm³/mol. The van der Waals surface area contributed by atoms with Gasteiger partial charge >= 0.3 is 12.1 Å². The van der Waals surface area contributed by atoms with Gasteiger partial charge in [-0.3, -0.25) is 0 Å². The van der Waals surface area contributed by atoms with Gasteiger partial charge in [-0.2, -0.15) is 13.2 Å². The second-order valence-corrected chi connectivity index (χ2v) is 4.44. The number of rotatable bonds is 4. The third kappa shape index (κ3) is 4.21. The predicted octanol–water partition coefficient (Wildman–Crippen LogP) is 3.18. The minimum absolute atomic E-state index is 0.173. The van der Waals surface area contributed by atoms with Crippen LogP contribution in [0.25, 0.3) is 0 Å². The molecule has 1 aromatic carbocycles. The van der Waals surface area contributed by atoms with Gasteiger partial charge in [0.15, 0.2) is 0 Å². The summed E-state index contributed by atoms with van der Waals surface area (Å²) < 4.78 is 46.1. The van der Waals surface area contributed by atoms with E-state index >= 15 is 0 Å². The average Bonchev–Trinajstić information content (AvgIpc) is 2.34. The molecule has 0 spiro atoms. The molecule has 0 amide bonds. The molecule has 0 bridgehead atoms. The molecule has 1 aromatic rings. The number of esters is 1. The highest BCUT2D eigenvalue weighted by molar-refractivity contribution is 9.09. The maximum Gasteiger partial charge on any atom is 0.404 e. The summed E-state index contributed by atoms with van der Waals surface area (Å²) in [5, 5.41) is 0. The minimum Gasteiger partial charge on any atom is -0.492 e. The minimum atomic E-state index is -4.38. The lowest BCUT2D eigenvalue weighted by molar-refractivity contribution is -0.132. The summed E-state index contributed by atoms with van der Waals surface area (Å²) in [7, 11) is 1.22. The van der Waals surface area contributed by atoms with Crippen molar-refractivity contribution in [2.45, 2.75) is 11.0 Å². The van der Waals surface area contributed by atoms with Crippen molar-refractivity contribution >= 4 is 21.9 Å². The monoisotopic (exact) mass is 326 g/mol. The molecule has 0 fully saturated rings. The second-order valence-electron chi connectivity index (χ2n) is 3.34. The lowest BCUT2D eigenvalue weighted by Crippen LogP contribution is -2.28. The van der Waals surface area contributed by atoms with E-state index in [1.54, 1.807) is 0 Å². The van der Waals surface area contributed by atoms with Gasteiger partial charge in [0.25, 0.3) is 0 Å². The molecule has 0 aromatic heterocycles. The van der Waals surface area contributed by atoms with Gasteiger partial charge in [-0.1, -0.05) is 22.0 Å². The first-order chi connectivity index (χ1) is 8.34. The van der Waals surface area contributed by atoms with Crippen molar-refractivity contribution in [3.05, 3.63) is 29.8 Å². The molecule has 0 saturated heterocycles. The first-order valence-corrected chi connectivity index (χ1v) is 5.78. The molecule has 7 heteroatoms. The highest BCUT2D eigenvalue weighted by Gasteiger charge is 2.38. The lowest BCUT2D eigenvalue weighted by atomic mass is 10.2. The maximum absolute atomic E-state index is 12.2. The van der Waals surface area contributed by atoms with Crippen molar-refractivity contribution in [1.29, 1.82) is 0 Å². The number of carbonyl (C=O) groups is 1. The number of halogens is 4. The Kier molecular flexibility index (Phi) is 5.01. The van der Waals surface area contributed by atoms with Gasteiger partial charge in [0, 0.05) is 0 Å². The molecule has 1 unspecified atom stereocenters. The van der Waals surface area contributed by atoms with Crippen molar-refractivity contribution in [1.82, 2.24) is 0 Å². The van der Waals surface area contributed by atoms with E-state index in [1.807, 2.05) is 0 Å². The first-order valence-electron chi connectivity index (χ1n) is 4.86. The van der Waals surface area contributed by atoms with Crippen LogP contribution in [0, 0.1) is 0 Å². The Morgan fingerprint density at radius 2 is 2.11 bits per heavy atom. The van der Waals surface area contributed by atoms with Crippen LogP contribution >= 0.6 is 15.9 Å². The van der Waals surface area contributed by atoms with E-state index in [9.17, 15) is 18.0 Å². The van der Waals surface area contributed by atoms with Crippen LogP contribution in [0.2, 0.25) is 0 Å². The van der Waals surface area contributed by atoms with Crippen molar-refractivity contribution in [2.24, 2.45) is 0 Å². The molecular formula is C11H10BrF3O3. The van der Waals surface area contributed by atoms with Gasteiger partial charge in [0.05, 0.1) is 12.7 Å². The molecule has 3 nitrogen and oxygen atoms in total. The topological polar surface area (TPSA) is 35.5 Å². The van der Waals surface area contributed by atoms with E-state index in [0.29, 0.717) is 0 Å². The fourth-order valence-electron chi connectivity index (χ4n) is 1.09. The third-order valence-electron chi connectivity index (χ3n) is 2.01. The fourth-order valence-corrected chi connectivity index (χ4v) is 1.23. The molecule has 0 aliphatic heterocycles. The Labute approximate surface area is 110 Å². The van der Waals surface area contributed by atoms with Gasteiger partial charge in [0.2, 0.25) is 0 Å². The molecule has 0 heterocycles. The SMILES string of the molecule is COC(=O)c1cccc(OCC(Br)C(F)(F)F)c1. The van der Waals surface area contributed by atoms with Crippen LogP contribution in [-0.2, 0) is 4.74 Å². The van der Waals surface area contributed by atoms with E-state index in [1.165, 1.54) is 31.4 Å². The molecule has 1 atom stereocenters. The number of carbonyl (C=O) groups excluding carboxylic acids is 1. The Balaban J connectivity index is 2.66. The lowest BCUT2D eigenvalue weighted by Gasteiger charge is -2.15. The van der Waals surface area contributed by atoms with E-state index in [0.717, 1.165) is 0 Å². The highest BCUT2D eigenvalue weighted by atomic mass is 79.9. The van der Waals surface area contributed by atoms with Crippen molar-refractivity contribution < 1.29 is 27.4 Å². The van der Waals surface area contributed by atoms with E-state index in [4.69, 9.17) is 4.74 Å². The number of alkyl halides is 4. The quantitative estimate of drug-likeness (QED) is 0.629. The number of methoxy groups -OCH3 is 1. The summed E-state index contributed by atoms with van der Waals surface area (Å²) in [6.45, 7) is -0.575. The van der Waals surface area contributed by atoms with Crippen LogP contribution in [0.1, 0.15) is 10.4 Å². The summed E-state index contributed by atoms with van der Waals surface area (Å²) in [4.78, 5) is 9.44. The van der Waals surface area contributed by atoms with Crippen LogP contribution < -0.4 is 4.74 Å². The zero-order valence-electron chi connectivity index (χ0n) is 9.33. The van der Waals surface area contributed by atoms with Gasteiger partial charge in [-0.05, 0) is 18.2 Å². The van der Waals surface area contributed by atoms with Crippen molar-refractivity contribution in [2.75, 3.05) is 13.7 Å². The van der Waals surface area contributed by atoms with Crippen LogP contribution in [0.4, 0.5) is 13.2 Å². The van der Waals surface area contributed by atoms with Crippen LogP contribution in [0.5, 0.6) is 5.75 Å². The van der Waals surface area contributed by atoms with Crippen molar-refractivity contribution in [3.63, 3.8) is 0 Å². The first kappa shape index (κ1) is 14.8. The largest absolute Gasteiger partial charge is 0.492 e. The zero-order valence-corrected chi connectivity index (χ0v) is 10.9. The van der Waals surface area contributed by atoms with E-state index in [2.05, 4.69) is 20.7 Å². The van der Waals surface area contributed by atoms with E-state index in [-0.39, 0.29) is 11.3 Å². The van der Waals surface area contributed by atoms with Crippen LogP contribution in [0.15, 0.2) is 24.3 Å². The van der Waals surface area contributed by atoms with Crippen LogP contribution in [-0.4, -0.2) is 30.7 Å². The highest BCUT2D eigenvalue weighted by Crippen LogP contribution is 2.27. The summed E-state index contributed by atoms with van der Waals surface area (Å²) >= 11 is 2.48. The normalized spacial score (nSPS) is 12.9. The Bertz CT molecular complexity index is 420. The molecule has 100 valence electrons. The van der Waals surface area contributed by atoms with Crippen LogP contribution in [0.3, 0.4) is 0 Å². The Morgan fingerprint density at radius 3 is 2.67 bits per heavy atom. The van der Waals surface area contributed by atoms with Gasteiger partial charge in [0.1, 0.15) is 17.2 Å². The van der Waals surface area contributed by atoms with Gasteiger partial charge in [-0.15, -0.1) is 0 Å². The average molecular weight is 327 g/mol. The smallest absolute Gasteiger partial charge is 0.404 e. The Morgan fingerprint density at radius 1 is 1.44 bits per heavy atom. The number of benzene rings is 1. The third-order valence-corrected chi connectivity index (χ3v) is 2.79. The molecule has 0 saturated carbocycles.